The van der Waals surface area contributed by atoms with Crippen LogP contribution in [0.2, 0.25) is 0 Å². The summed E-state index contributed by atoms with van der Waals surface area (Å²) in [5.41, 5.74) is 11.7. The maximum absolute atomic E-state index is 9.41. The van der Waals surface area contributed by atoms with Crippen LogP contribution in [0, 0.1) is 7.14 Å². The van der Waals surface area contributed by atoms with Crippen molar-refractivity contribution in [3.05, 3.63) is 38.0 Å². The molecule has 1 rings (SSSR count). The van der Waals surface area contributed by atoms with Crippen molar-refractivity contribution in [2.45, 2.75) is 205 Å². The van der Waals surface area contributed by atoms with Crippen molar-refractivity contribution < 1.29 is 10.2 Å². The highest BCUT2D eigenvalue weighted by Crippen LogP contribution is 2.27. The molecule has 0 spiro atoms. The minimum absolute atomic E-state index is 0. The van der Waals surface area contributed by atoms with E-state index < -0.39 is 0 Å². The third-order valence-corrected chi connectivity index (χ3v) is 7.54. The lowest BCUT2D eigenvalue weighted by molar-refractivity contribution is 0.153. The molecule has 0 aliphatic heterocycles. The summed E-state index contributed by atoms with van der Waals surface area (Å²) in [6.45, 7) is 31.0. The van der Waals surface area contributed by atoms with Crippen LogP contribution in [0.4, 0.5) is 0 Å². The van der Waals surface area contributed by atoms with Crippen LogP contribution in [-0.2, 0) is 6.42 Å². The second kappa shape index (κ2) is 68.1. The molecule has 0 aliphatic carbocycles. The van der Waals surface area contributed by atoms with Crippen molar-refractivity contribution >= 4 is 45.2 Å². The summed E-state index contributed by atoms with van der Waals surface area (Å²) in [6, 6.07) is 4.02. The van der Waals surface area contributed by atoms with Crippen LogP contribution in [0.3, 0.4) is 0 Å². The number of aliphatic hydroxyl groups excluding tert-OH is 1. The fraction of sp³-hybridized carbons (Fsp3) is 0.805. The van der Waals surface area contributed by atoms with Crippen LogP contribution in [0.5, 0.6) is 5.75 Å². The molecule has 1 aromatic carbocycles. The number of hydrogen-bond acceptors (Lipinski definition) is 4. The molecular weight excluding hydrogens is 806 g/mol. The van der Waals surface area contributed by atoms with E-state index in [1.165, 1.54) is 95.5 Å². The fourth-order valence-electron chi connectivity index (χ4n) is 3.02. The second-order valence-corrected chi connectivity index (χ2v) is 12.9. The molecule has 0 fully saturated rings. The first kappa shape index (κ1) is 65.5. The number of nitrogens with two attached hydrogens (primary N) is 2. The number of unbranched alkanes of at least 4 members (excludes halogenated alkanes) is 10. The number of aromatic hydroxyl groups is 1. The van der Waals surface area contributed by atoms with Crippen molar-refractivity contribution in [1.82, 2.24) is 0 Å². The number of rotatable bonds is 16. The number of halogens is 2. The molecular formula is C41H90I2N2O2. The Kier molecular flexibility index (Phi) is 94.9. The molecule has 0 saturated heterocycles. The third kappa shape index (κ3) is 72.8. The molecule has 0 bridgehead atoms. The largest absolute Gasteiger partial charge is 0.506 e. The summed E-state index contributed by atoms with van der Waals surface area (Å²) in [7, 11) is 0. The molecule has 0 radical (unpaired) electrons. The van der Waals surface area contributed by atoms with E-state index >= 15 is 0 Å². The van der Waals surface area contributed by atoms with Gasteiger partial charge in [-0.05, 0) is 102 Å². The molecule has 1 aromatic rings. The molecule has 290 valence electrons. The average Bonchev–Trinajstić information content (AvgIpc) is 3.07. The van der Waals surface area contributed by atoms with Gasteiger partial charge < -0.3 is 21.7 Å². The van der Waals surface area contributed by atoms with Gasteiger partial charge in [-0.1, -0.05) is 173 Å². The topological polar surface area (TPSA) is 92.5 Å². The van der Waals surface area contributed by atoms with Gasteiger partial charge in [-0.25, -0.2) is 0 Å². The Bertz CT molecular complexity index is 574. The van der Waals surface area contributed by atoms with E-state index in [2.05, 4.69) is 121 Å². The molecule has 0 saturated carbocycles. The van der Waals surface area contributed by atoms with Gasteiger partial charge in [0.05, 0.1) is 13.2 Å². The van der Waals surface area contributed by atoms with Gasteiger partial charge in [0, 0.05) is 0 Å². The van der Waals surface area contributed by atoms with Gasteiger partial charge in [0.25, 0.3) is 0 Å². The van der Waals surface area contributed by atoms with Gasteiger partial charge in [-0.3, -0.25) is 0 Å². The predicted molar refractivity (Wildman–Crippen MR) is 240 cm³/mol. The Labute approximate surface area is 326 Å². The number of aliphatic hydroxyl groups is 1. The van der Waals surface area contributed by atoms with Crippen LogP contribution >= 0.6 is 45.2 Å². The first-order valence-electron chi connectivity index (χ1n) is 18.9. The molecule has 47 heavy (non-hydrogen) atoms. The van der Waals surface area contributed by atoms with E-state index in [1.54, 1.807) is 0 Å². The molecule has 6 N–H and O–H groups in total. The molecule has 6 heteroatoms. The molecule has 0 aromatic heterocycles. The van der Waals surface area contributed by atoms with E-state index in [-0.39, 0.29) is 13.5 Å². The Balaban J connectivity index is -0.0000000666. The zero-order valence-electron chi connectivity index (χ0n) is 33.1. The van der Waals surface area contributed by atoms with Crippen LogP contribution in [0.1, 0.15) is 198 Å². The number of aryl methyl sites for hydroxylation is 1. The van der Waals surface area contributed by atoms with Crippen molar-refractivity contribution in [1.29, 1.82) is 0 Å². The Morgan fingerprint density at radius 1 is 0.596 bits per heavy atom. The van der Waals surface area contributed by atoms with Crippen LogP contribution in [-0.4, -0.2) is 29.4 Å². The van der Waals surface area contributed by atoms with Crippen LogP contribution in [0.25, 0.3) is 0 Å². The first-order chi connectivity index (χ1) is 22.1. The lowest BCUT2D eigenvalue weighted by Gasteiger charge is -2.07. The Morgan fingerprint density at radius 3 is 1.19 bits per heavy atom. The van der Waals surface area contributed by atoms with Gasteiger partial charge >= 0.3 is 0 Å². The Morgan fingerprint density at radius 2 is 0.936 bits per heavy atom. The lowest BCUT2D eigenvalue weighted by atomic mass is 10.1. The second-order valence-electron chi connectivity index (χ2n) is 10.6. The molecule has 0 amide bonds. The minimum Gasteiger partial charge on any atom is -0.506 e. The molecule has 0 heterocycles. The monoisotopic (exact) mass is 897 g/mol. The van der Waals surface area contributed by atoms with E-state index in [1.807, 2.05) is 26.0 Å². The van der Waals surface area contributed by atoms with Gasteiger partial charge in [0.15, 0.2) is 0 Å². The number of hydrogen-bond donors (Lipinski definition) is 4. The highest BCUT2D eigenvalue weighted by molar-refractivity contribution is 14.1. The number of phenolic OH excluding ortho intramolecular Hbond substituents is 1. The van der Waals surface area contributed by atoms with Gasteiger partial charge in [-0.2, -0.15) is 0 Å². The molecule has 4 nitrogen and oxygen atoms in total. The van der Waals surface area contributed by atoms with Crippen LogP contribution in [0.15, 0.2) is 25.3 Å². The zero-order chi connectivity index (χ0) is 37.4. The first-order valence-corrected chi connectivity index (χ1v) is 21.0. The molecule has 0 unspecified atom stereocenters. The summed E-state index contributed by atoms with van der Waals surface area (Å²) >= 11 is 4.29. The quantitative estimate of drug-likeness (QED) is 0.0756. The summed E-state index contributed by atoms with van der Waals surface area (Å²) in [5, 5.41) is 18.7. The summed E-state index contributed by atoms with van der Waals surface area (Å²) in [4.78, 5) is 0. The lowest BCUT2D eigenvalue weighted by Crippen LogP contribution is -2.12. The number of phenols is 1. The van der Waals surface area contributed by atoms with Gasteiger partial charge in [0.2, 0.25) is 0 Å². The minimum atomic E-state index is -0.156. The molecule has 0 aliphatic rings. The smallest absolute Gasteiger partial charge is 0.142 e. The van der Waals surface area contributed by atoms with Crippen molar-refractivity contribution in [3.63, 3.8) is 0 Å². The van der Waals surface area contributed by atoms with E-state index in [0.717, 1.165) is 39.4 Å². The zero-order valence-corrected chi connectivity index (χ0v) is 37.4. The highest BCUT2D eigenvalue weighted by Gasteiger charge is 2.03. The number of benzene rings is 1. The standard InChI is InChI=1S/C10H23NO.C8H8I2O.C7H16.C4H11N.C4H10.C3H8.C2H6.C2H4.CH4/c1-2-3-4-5-6-7-10(12)8-9-11;1-2-5-3-6(9)8(11)7(10)4-5;1-3-5-7-6-4-2;1-2-3-4-5;1-3-4-2;1-3-2;2*1-2;/h10,12H,2-9,11H2,1H3;3-4,11H,2H2,1H3;3-7H2,1-2H3;2-5H2,1H3;3-4H2,1-2H3;3H2,1-2H3;1-2H3;1-2H2;1H4/t10-;;;;;;;;/m1......../s1. The predicted octanol–water partition coefficient (Wildman–Crippen LogP) is 14.6. The maximum atomic E-state index is 9.41. The van der Waals surface area contributed by atoms with Gasteiger partial charge in [0.1, 0.15) is 5.75 Å². The Hall–Kier alpha value is 0.100. The third-order valence-electron chi connectivity index (χ3n) is 5.89. The van der Waals surface area contributed by atoms with Crippen LogP contribution < -0.4 is 11.5 Å². The normalized spacial score (nSPS) is 9.28. The van der Waals surface area contributed by atoms with Crippen molar-refractivity contribution in [3.8, 4) is 5.75 Å². The van der Waals surface area contributed by atoms with E-state index in [9.17, 15) is 10.2 Å². The highest BCUT2D eigenvalue weighted by atomic mass is 127. The fourth-order valence-corrected chi connectivity index (χ4v) is 4.92. The summed E-state index contributed by atoms with van der Waals surface area (Å²) < 4.78 is 1.87. The summed E-state index contributed by atoms with van der Waals surface area (Å²) in [6.07, 6.45) is 22.2. The molecule has 1 atom stereocenters. The van der Waals surface area contributed by atoms with Crippen molar-refractivity contribution in [2.24, 2.45) is 11.5 Å². The van der Waals surface area contributed by atoms with Crippen molar-refractivity contribution in [2.75, 3.05) is 13.1 Å². The summed E-state index contributed by atoms with van der Waals surface area (Å²) in [5.74, 6) is 0.406. The van der Waals surface area contributed by atoms with E-state index in [0.29, 0.717) is 12.3 Å². The van der Waals surface area contributed by atoms with Gasteiger partial charge in [-0.15, -0.1) is 13.2 Å². The SMILES string of the molecule is C.C=C.CC.CCC.CCCC.CCCCCCC.CCCCCCC[C@@H](O)CCN.CCCCN.CCc1cc(I)c(O)c(I)c1. The van der Waals surface area contributed by atoms with E-state index in [4.69, 9.17) is 11.5 Å². The maximum Gasteiger partial charge on any atom is 0.142 e. The average molecular weight is 897 g/mol.